The molecule has 5 heteroatoms. The van der Waals surface area contributed by atoms with Gasteiger partial charge in [-0.1, -0.05) is 0 Å². The highest BCUT2D eigenvalue weighted by Crippen LogP contribution is 2.37. The van der Waals surface area contributed by atoms with Crippen molar-refractivity contribution in [3.8, 4) is 0 Å². The van der Waals surface area contributed by atoms with Crippen LogP contribution in [0.15, 0.2) is 18.2 Å². The number of rotatable bonds is 2. The van der Waals surface area contributed by atoms with E-state index in [2.05, 4.69) is 0 Å². The lowest BCUT2D eigenvalue weighted by atomic mass is 9.93. The lowest BCUT2D eigenvalue weighted by Crippen LogP contribution is -2.18. The Morgan fingerprint density at radius 2 is 2.00 bits per heavy atom. The number of carbonyl (C=O) groups is 1. The molecule has 2 heterocycles. The Balaban J connectivity index is 2.11. The van der Waals surface area contributed by atoms with Crippen LogP contribution in [0.2, 0.25) is 0 Å². The Kier molecular flexibility index (Phi) is 3.40. The molecule has 1 atom stereocenters. The van der Waals surface area contributed by atoms with Gasteiger partial charge >= 0.3 is 0 Å². The van der Waals surface area contributed by atoms with Crippen molar-refractivity contribution in [1.82, 2.24) is 0 Å². The summed E-state index contributed by atoms with van der Waals surface area (Å²) in [5.41, 5.74) is 2.26. The number of aldehydes is 1. The first-order chi connectivity index (χ1) is 9.60. The van der Waals surface area contributed by atoms with Crippen LogP contribution in [0.1, 0.15) is 37.3 Å². The van der Waals surface area contributed by atoms with Crippen LogP contribution in [0.5, 0.6) is 0 Å². The quantitative estimate of drug-likeness (QED) is 0.787. The third-order valence-corrected chi connectivity index (χ3v) is 4.49. The molecule has 0 aliphatic carbocycles. The summed E-state index contributed by atoms with van der Waals surface area (Å²) in [7, 11) is 0. The van der Waals surface area contributed by atoms with Gasteiger partial charge in [0.25, 0.3) is 0 Å². The molecule has 3 rings (SSSR count). The molecule has 0 amide bonds. The van der Waals surface area contributed by atoms with E-state index in [0.717, 1.165) is 22.3 Å². The van der Waals surface area contributed by atoms with E-state index < -0.39 is 17.7 Å². The van der Waals surface area contributed by atoms with Gasteiger partial charge in [-0.15, -0.1) is 11.3 Å². The van der Waals surface area contributed by atoms with Crippen LogP contribution in [-0.4, -0.2) is 12.9 Å². The van der Waals surface area contributed by atoms with Crippen molar-refractivity contribution in [3.05, 3.63) is 56.3 Å². The summed E-state index contributed by atoms with van der Waals surface area (Å²) in [6.07, 6.45) is 0.918. The molecule has 2 nitrogen and oxygen atoms in total. The van der Waals surface area contributed by atoms with Crippen molar-refractivity contribution in [2.75, 3.05) is 6.61 Å². The van der Waals surface area contributed by atoms with Crippen molar-refractivity contribution < 1.29 is 18.3 Å². The van der Waals surface area contributed by atoms with Crippen LogP contribution in [0.25, 0.3) is 0 Å². The van der Waals surface area contributed by atoms with Crippen LogP contribution < -0.4 is 0 Å². The number of halogens is 2. The average molecular weight is 294 g/mol. The fourth-order valence-corrected chi connectivity index (χ4v) is 3.41. The highest BCUT2D eigenvalue weighted by Gasteiger charge is 2.27. The number of hydrogen-bond donors (Lipinski definition) is 0. The minimum Gasteiger partial charge on any atom is -0.368 e. The van der Waals surface area contributed by atoms with Gasteiger partial charge in [-0.2, -0.15) is 0 Å². The number of benzene rings is 1. The van der Waals surface area contributed by atoms with Crippen molar-refractivity contribution in [2.24, 2.45) is 0 Å². The Bertz CT molecular complexity index is 679. The van der Waals surface area contributed by atoms with Crippen molar-refractivity contribution >= 4 is 17.6 Å². The lowest BCUT2D eigenvalue weighted by molar-refractivity contribution is 0.0692. The molecule has 1 aromatic carbocycles. The number of thiophene rings is 1. The second kappa shape index (κ2) is 5.07. The highest BCUT2D eigenvalue weighted by atomic mass is 32.1. The number of carbonyl (C=O) groups excluding carboxylic acids is 1. The molecule has 1 aliphatic heterocycles. The smallest absolute Gasteiger partial charge is 0.160 e. The Labute approximate surface area is 119 Å². The molecule has 1 aromatic heterocycles. The number of ether oxygens (including phenoxy) is 1. The third kappa shape index (κ3) is 2.17. The van der Waals surface area contributed by atoms with Crippen LogP contribution in [-0.2, 0) is 11.2 Å². The maximum atomic E-state index is 13.5. The number of hydrogen-bond acceptors (Lipinski definition) is 3. The summed E-state index contributed by atoms with van der Waals surface area (Å²) >= 11 is 1.37. The molecule has 0 bridgehead atoms. The number of fused-ring (bicyclic) bond motifs is 1. The first-order valence-electron chi connectivity index (χ1n) is 6.25. The molecule has 0 saturated carbocycles. The molecule has 0 fully saturated rings. The van der Waals surface area contributed by atoms with Gasteiger partial charge in [-0.25, -0.2) is 8.78 Å². The zero-order valence-corrected chi connectivity index (χ0v) is 11.6. The summed E-state index contributed by atoms with van der Waals surface area (Å²) in [4.78, 5) is 12.4. The molecule has 1 aliphatic rings. The van der Waals surface area contributed by atoms with E-state index in [1.54, 1.807) is 6.07 Å². The van der Waals surface area contributed by atoms with Crippen molar-refractivity contribution in [2.45, 2.75) is 19.4 Å². The number of aryl methyl sites for hydroxylation is 1. The molecule has 0 spiro atoms. The SMILES string of the molecule is Cc1sc(C=O)cc1C1OCCc2cc(F)c(F)cc21. The van der Waals surface area contributed by atoms with Crippen molar-refractivity contribution in [1.29, 1.82) is 0 Å². The molecule has 0 N–H and O–H groups in total. The third-order valence-electron chi connectivity index (χ3n) is 3.49. The van der Waals surface area contributed by atoms with Gasteiger partial charge in [0, 0.05) is 4.88 Å². The van der Waals surface area contributed by atoms with E-state index in [4.69, 9.17) is 4.74 Å². The summed E-state index contributed by atoms with van der Waals surface area (Å²) in [5.74, 6) is -1.71. The summed E-state index contributed by atoms with van der Waals surface area (Å²) in [6.45, 7) is 2.35. The molecule has 0 radical (unpaired) electrons. The highest BCUT2D eigenvalue weighted by molar-refractivity contribution is 7.13. The van der Waals surface area contributed by atoms with Gasteiger partial charge in [0.1, 0.15) is 6.10 Å². The largest absolute Gasteiger partial charge is 0.368 e. The van der Waals surface area contributed by atoms with Crippen LogP contribution in [0.4, 0.5) is 8.78 Å². The molecule has 104 valence electrons. The van der Waals surface area contributed by atoms with Gasteiger partial charge in [0.05, 0.1) is 11.5 Å². The summed E-state index contributed by atoms with van der Waals surface area (Å²) < 4.78 is 32.5. The molecular weight excluding hydrogens is 282 g/mol. The molecular formula is C15H12F2O2S. The molecule has 2 aromatic rings. The molecule has 1 unspecified atom stereocenters. The first-order valence-corrected chi connectivity index (χ1v) is 7.06. The second-order valence-corrected chi connectivity index (χ2v) is 6.03. The minimum absolute atomic E-state index is 0.432. The first kappa shape index (κ1) is 13.4. The predicted molar refractivity (Wildman–Crippen MR) is 72.3 cm³/mol. The van der Waals surface area contributed by atoms with Gasteiger partial charge in [0.2, 0.25) is 0 Å². The minimum atomic E-state index is -0.872. The van der Waals surface area contributed by atoms with Gasteiger partial charge in [-0.3, -0.25) is 4.79 Å². The van der Waals surface area contributed by atoms with E-state index in [9.17, 15) is 13.6 Å². The lowest BCUT2D eigenvalue weighted by Gasteiger charge is -2.26. The van der Waals surface area contributed by atoms with Gasteiger partial charge in [0.15, 0.2) is 17.9 Å². The van der Waals surface area contributed by atoms with Crippen LogP contribution in [0, 0.1) is 18.6 Å². The average Bonchev–Trinajstić information content (AvgIpc) is 2.81. The monoisotopic (exact) mass is 294 g/mol. The van der Waals surface area contributed by atoms with Crippen molar-refractivity contribution in [3.63, 3.8) is 0 Å². The Morgan fingerprint density at radius 3 is 2.70 bits per heavy atom. The van der Waals surface area contributed by atoms with Crippen LogP contribution >= 0.6 is 11.3 Å². The second-order valence-electron chi connectivity index (χ2n) is 4.74. The standard InChI is InChI=1S/C15H12F2O2S/c1-8-11(5-10(7-18)20-8)15-12-6-14(17)13(16)4-9(12)2-3-19-15/h4-7,15H,2-3H2,1H3. The van der Waals surface area contributed by atoms with Gasteiger partial charge < -0.3 is 4.74 Å². The summed E-state index contributed by atoms with van der Waals surface area (Å²) in [6, 6.07) is 4.20. The molecule has 20 heavy (non-hydrogen) atoms. The van der Waals surface area contributed by atoms with E-state index in [-0.39, 0.29) is 0 Å². The Hall–Kier alpha value is -1.59. The summed E-state index contributed by atoms with van der Waals surface area (Å²) in [5, 5.41) is 0. The maximum Gasteiger partial charge on any atom is 0.160 e. The Morgan fingerprint density at radius 1 is 1.25 bits per heavy atom. The van der Waals surface area contributed by atoms with Crippen LogP contribution in [0.3, 0.4) is 0 Å². The molecule has 0 saturated heterocycles. The van der Waals surface area contributed by atoms with Gasteiger partial charge in [-0.05, 0) is 48.2 Å². The zero-order valence-electron chi connectivity index (χ0n) is 10.8. The van der Waals surface area contributed by atoms with E-state index in [1.165, 1.54) is 23.5 Å². The van der Waals surface area contributed by atoms with E-state index >= 15 is 0 Å². The fraction of sp³-hybridized carbons (Fsp3) is 0.267. The van der Waals surface area contributed by atoms with E-state index in [1.807, 2.05) is 6.92 Å². The predicted octanol–water partition coefficient (Wildman–Crippen LogP) is 3.81. The zero-order chi connectivity index (χ0) is 14.3. The van der Waals surface area contributed by atoms with E-state index in [0.29, 0.717) is 23.5 Å². The normalized spacial score (nSPS) is 17.9. The fourth-order valence-electron chi connectivity index (χ4n) is 2.54. The topological polar surface area (TPSA) is 26.3 Å². The maximum absolute atomic E-state index is 13.5.